The van der Waals surface area contributed by atoms with Crippen LogP contribution in [0.1, 0.15) is 37.7 Å². The number of anilines is 1. The molecule has 9 heteroatoms. The Morgan fingerprint density at radius 3 is 2.69 bits per heavy atom. The number of nitrogens with one attached hydrogen (secondary N) is 1. The van der Waals surface area contributed by atoms with Gasteiger partial charge in [-0.3, -0.25) is 4.79 Å². The maximum Gasteiger partial charge on any atom is 0.227 e. The van der Waals surface area contributed by atoms with Gasteiger partial charge in [-0.25, -0.2) is 14.4 Å². The molecule has 4 heterocycles. The number of ether oxygens (including phenoxy) is 1. The van der Waals surface area contributed by atoms with Gasteiger partial charge in [0.15, 0.2) is 0 Å². The molecule has 5 rings (SSSR count). The number of carbonyl (C=O) groups excluding carboxylic acids is 1. The van der Waals surface area contributed by atoms with E-state index in [0.717, 1.165) is 77.3 Å². The molecule has 7 nitrogen and oxygen atoms in total. The molecule has 188 valence electrons. The number of likely N-dealkylation sites (tertiary alicyclic amines) is 1. The van der Waals surface area contributed by atoms with E-state index in [1.807, 2.05) is 4.90 Å². The third-order valence-corrected chi connectivity index (χ3v) is 7.83. The summed E-state index contributed by atoms with van der Waals surface area (Å²) in [5, 5.41) is 3.92. The molecule has 0 radical (unpaired) electrons. The number of hydrogen-bond acceptors (Lipinski definition) is 6. The van der Waals surface area contributed by atoms with Gasteiger partial charge in [0, 0.05) is 44.2 Å². The zero-order valence-electron chi connectivity index (χ0n) is 20.0. The average molecular weight is 502 g/mol. The Morgan fingerprint density at radius 1 is 1.23 bits per heavy atom. The van der Waals surface area contributed by atoms with Crippen LogP contribution in [0.2, 0.25) is 5.02 Å². The second-order valence-electron chi connectivity index (χ2n) is 10.2. The zero-order valence-corrected chi connectivity index (χ0v) is 20.8. The third kappa shape index (κ3) is 5.86. The Bertz CT molecular complexity index is 1010. The normalized spacial score (nSPS) is 19.7. The molecule has 35 heavy (non-hydrogen) atoms. The SMILES string of the molecule is O=C(Cc1ccc(OCCCC2CCN(c3ncc(Cl)cn3)CC2)cc1F)N1CC2(CCNC2)C1. The molecule has 0 aliphatic carbocycles. The van der Waals surface area contributed by atoms with Crippen molar-refractivity contribution >= 4 is 23.5 Å². The molecule has 0 atom stereocenters. The Kier molecular flexibility index (Phi) is 7.39. The molecular formula is C26H33ClFN5O2. The van der Waals surface area contributed by atoms with Crippen molar-refractivity contribution in [2.45, 2.75) is 38.5 Å². The first kappa shape index (κ1) is 24.3. The van der Waals surface area contributed by atoms with Crippen molar-refractivity contribution < 1.29 is 13.9 Å². The summed E-state index contributed by atoms with van der Waals surface area (Å²) in [6.45, 7) is 6.01. The maximum atomic E-state index is 14.6. The number of hydrogen-bond donors (Lipinski definition) is 1. The van der Waals surface area contributed by atoms with E-state index < -0.39 is 0 Å². The summed E-state index contributed by atoms with van der Waals surface area (Å²) in [6.07, 6.45) is 8.69. The second-order valence-corrected chi connectivity index (χ2v) is 10.7. The van der Waals surface area contributed by atoms with Crippen LogP contribution in [0.15, 0.2) is 30.6 Å². The van der Waals surface area contributed by atoms with Crippen LogP contribution in [-0.4, -0.2) is 66.7 Å². The minimum Gasteiger partial charge on any atom is -0.493 e. The highest BCUT2D eigenvalue weighted by Crippen LogP contribution is 2.36. The van der Waals surface area contributed by atoms with Gasteiger partial charge in [-0.1, -0.05) is 17.7 Å². The smallest absolute Gasteiger partial charge is 0.227 e. The molecule has 1 aromatic heterocycles. The van der Waals surface area contributed by atoms with Crippen LogP contribution in [0.5, 0.6) is 5.75 Å². The van der Waals surface area contributed by atoms with Gasteiger partial charge < -0.3 is 19.9 Å². The molecule has 2 aromatic rings. The Morgan fingerprint density at radius 2 is 2.00 bits per heavy atom. The summed E-state index contributed by atoms with van der Waals surface area (Å²) < 4.78 is 20.4. The highest BCUT2D eigenvalue weighted by atomic mass is 35.5. The lowest BCUT2D eigenvalue weighted by Gasteiger charge is -2.47. The number of piperidine rings is 1. The molecule has 3 aliphatic rings. The molecule has 0 saturated carbocycles. The number of nitrogens with zero attached hydrogens (tertiary/aromatic N) is 4. The predicted octanol–water partition coefficient (Wildman–Crippen LogP) is 3.71. The number of rotatable bonds is 8. The highest BCUT2D eigenvalue weighted by Gasteiger charge is 2.46. The van der Waals surface area contributed by atoms with Crippen molar-refractivity contribution in [3.8, 4) is 5.75 Å². The van der Waals surface area contributed by atoms with Gasteiger partial charge in [0.2, 0.25) is 11.9 Å². The fourth-order valence-corrected chi connectivity index (χ4v) is 5.59. The van der Waals surface area contributed by atoms with Crippen molar-refractivity contribution in [1.82, 2.24) is 20.2 Å². The van der Waals surface area contributed by atoms with Crippen molar-refractivity contribution in [2.24, 2.45) is 11.3 Å². The minimum absolute atomic E-state index is 0.00349. The van der Waals surface area contributed by atoms with Gasteiger partial charge in [-0.2, -0.15) is 0 Å². The quantitative estimate of drug-likeness (QED) is 0.556. The first-order valence-corrected chi connectivity index (χ1v) is 13.0. The van der Waals surface area contributed by atoms with Crippen LogP contribution in [0.3, 0.4) is 0 Å². The minimum atomic E-state index is -0.370. The van der Waals surface area contributed by atoms with E-state index in [2.05, 4.69) is 20.2 Å². The Hall–Kier alpha value is -2.45. The molecule has 0 bridgehead atoms. The molecular weight excluding hydrogens is 469 g/mol. The fraction of sp³-hybridized carbons (Fsp3) is 0.577. The van der Waals surface area contributed by atoms with Crippen LogP contribution < -0.4 is 15.0 Å². The number of aromatic nitrogens is 2. The van der Waals surface area contributed by atoms with Crippen LogP contribution >= 0.6 is 11.6 Å². The molecule has 1 spiro atoms. The second kappa shape index (κ2) is 10.7. The summed E-state index contributed by atoms with van der Waals surface area (Å²) >= 11 is 5.87. The molecule has 3 fully saturated rings. The van der Waals surface area contributed by atoms with E-state index in [0.29, 0.717) is 28.9 Å². The van der Waals surface area contributed by atoms with E-state index in [1.54, 1.807) is 24.5 Å². The monoisotopic (exact) mass is 501 g/mol. The standard InChI is InChI=1S/C26H33ClFN5O2/c27-21-14-30-25(31-15-21)32-9-5-19(6-10-32)2-1-11-35-22-4-3-20(23(28)13-22)12-24(34)33-17-26(18-33)7-8-29-16-26/h3-4,13-15,19,29H,1-2,5-12,16-18H2. The molecule has 1 amide bonds. The van der Waals surface area contributed by atoms with Gasteiger partial charge in [-0.05, 0) is 56.2 Å². The van der Waals surface area contributed by atoms with Crippen molar-refractivity contribution in [3.63, 3.8) is 0 Å². The van der Waals surface area contributed by atoms with E-state index in [-0.39, 0.29) is 23.6 Å². The molecule has 3 aliphatic heterocycles. The first-order chi connectivity index (χ1) is 17.0. The van der Waals surface area contributed by atoms with Crippen LogP contribution in [0.25, 0.3) is 0 Å². The van der Waals surface area contributed by atoms with Gasteiger partial charge in [0.25, 0.3) is 0 Å². The third-order valence-electron chi connectivity index (χ3n) is 7.63. The van der Waals surface area contributed by atoms with Crippen molar-refractivity contribution in [3.05, 3.63) is 47.0 Å². The van der Waals surface area contributed by atoms with Crippen molar-refractivity contribution in [1.29, 1.82) is 0 Å². The van der Waals surface area contributed by atoms with E-state index in [1.165, 1.54) is 6.07 Å². The van der Waals surface area contributed by atoms with E-state index in [9.17, 15) is 9.18 Å². The number of amides is 1. The number of halogens is 2. The van der Waals surface area contributed by atoms with Gasteiger partial charge in [0.1, 0.15) is 11.6 Å². The molecule has 1 aromatic carbocycles. The summed E-state index contributed by atoms with van der Waals surface area (Å²) in [5.74, 6) is 1.54. The van der Waals surface area contributed by atoms with Gasteiger partial charge in [0.05, 0.1) is 30.4 Å². The Balaban J connectivity index is 1.00. The average Bonchev–Trinajstić information content (AvgIpc) is 3.34. The largest absolute Gasteiger partial charge is 0.493 e. The molecule has 0 unspecified atom stereocenters. The van der Waals surface area contributed by atoms with Crippen LogP contribution in [-0.2, 0) is 11.2 Å². The van der Waals surface area contributed by atoms with E-state index in [4.69, 9.17) is 16.3 Å². The highest BCUT2D eigenvalue weighted by molar-refractivity contribution is 6.30. The number of carbonyl (C=O) groups is 1. The van der Waals surface area contributed by atoms with E-state index >= 15 is 0 Å². The first-order valence-electron chi connectivity index (χ1n) is 12.6. The van der Waals surface area contributed by atoms with Gasteiger partial charge in [-0.15, -0.1) is 0 Å². The van der Waals surface area contributed by atoms with Crippen LogP contribution in [0.4, 0.5) is 10.3 Å². The zero-order chi connectivity index (χ0) is 24.3. The van der Waals surface area contributed by atoms with Crippen LogP contribution in [0, 0.1) is 17.2 Å². The summed E-state index contributed by atoms with van der Waals surface area (Å²) in [4.78, 5) is 25.2. The number of benzene rings is 1. The van der Waals surface area contributed by atoms with Gasteiger partial charge >= 0.3 is 0 Å². The molecule has 3 saturated heterocycles. The van der Waals surface area contributed by atoms with Crippen molar-refractivity contribution in [2.75, 3.05) is 50.8 Å². The lowest BCUT2D eigenvalue weighted by molar-refractivity contribution is -0.141. The topological polar surface area (TPSA) is 70.6 Å². The predicted molar refractivity (Wildman–Crippen MR) is 133 cm³/mol. The molecule has 1 N–H and O–H groups in total. The summed E-state index contributed by atoms with van der Waals surface area (Å²) in [5.41, 5.74) is 0.692. The fourth-order valence-electron chi connectivity index (χ4n) is 5.49. The summed E-state index contributed by atoms with van der Waals surface area (Å²) in [6, 6.07) is 4.87. The Labute approximate surface area is 211 Å². The summed E-state index contributed by atoms with van der Waals surface area (Å²) in [7, 11) is 0. The maximum absolute atomic E-state index is 14.6. The lowest BCUT2D eigenvalue weighted by Crippen LogP contribution is -2.59. The lowest BCUT2D eigenvalue weighted by atomic mass is 9.79.